The lowest BCUT2D eigenvalue weighted by Gasteiger charge is -2.43. The van der Waals surface area contributed by atoms with Crippen LogP contribution in [0.15, 0.2) is 0 Å². The molecule has 2 heterocycles. The molecule has 1 amide bonds. The fourth-order valence-corrected chi connectivity index (χ4v) is 3.57. The highest BCUT2D eigenvalue weighted by atomic mass is 19.3. The van der Waals surface area contributed by atoms with E-state index in [2.05, 4.69) is 18.7 Å². The summed E-state index contributed by atoms with van der Waals surface area (Å²) in [5, 5.41) is 0. The van der Waals surface area contributed by atoms with E-state index in [1.54, 1.807) is 0 Å². The largest absolute Gasteiger partial charge is 0.334 e. The molecular weight excluding hydrogens is 250 g/mol. The van der Waals surface area contributed by atoms with Crippen molar-refractivity contribution in [2.24, 2.45) is 5.92 Å². The van der Waals surface area contributed by atoms with Crippen molar-refractivity contribution in [3.05, 3.63) is 0 Å². The number of alkyl halides is 2. The number of halogens is 2. The topological polar surface area (TPSA) is 23.6 Å². The minimum absolute atomic E-state index is 0.0433. The Morgan fingerprint density at radius 2 is 1.79 bits per heavy atom. The molecule has 0 N–H and O–H groups in total. The molecule has 2 aliphatic heterocycles. The Morgan fingerprint density at radius 3 is 2.21 bits per heavy atom. The number of rotatable bonds is 3. The van der Waals surface area contributed by atoms with Gasteiger partial charge in [-0.1, -0.05) is 0 Å². The van der Waals surface area contributed by atoms with Gasteiger partial charge < -0.3 is 4.90 Å². The molecule has 3 rings (SSSR count). The Hall–Kier alpha value is -0.710. The molecular formula is C14H22F2N2O. The minimum atomic E-state index is -2.57. The highest BCUT2D eigenvalue weighted by Gasteiger charge is 2.58. The van der Waals surface area contributed by atoms with Gasteiger partial charge in [-0.3, -0.25) is 9.69 Å². The summed E-state index contributed by atoms with van der Waals surface area (Å²) in [6.45, 7) is 6.14. The molecule has 3 aliphatic rings. The molecule has 2 bridgehead atoms. The molecule has 5 heteroatoms. The number of hydrogen-bond donors (Lipinski definition) is 0. The van der Waals surface area contributed by atoms with Crippen LogP contribution in [-0.2, 0) is 4.79 Å². The molecule has 0 spiro atoms. The van der Waals surface area contributed by atoms with Crippen molar-refractivity contribution in [3.8, 4) is 0 Å². The number of carbonyl (C=O) groups is 1. The minimum Gasteiger partial charge on any atom is -0.334 e. The van der Waals surface area contributed by atoms with Gasteiger partial charge in [0.1, 0.15) is 0 Å². The monoisotopic (exact) mass is 272 g/mol. The molecule has 1 aliphatic carbocycles. The molecule has 3 fully saturated rings. The van der Waals surface area contributed by atoms with E-state index in [4.69, 9.17) is 0 Å². The maximum absolute atomic E-state index is 12.9. The molecule has 108 valence electrons. The van der Waals surface area contributed by atoms with Crippen molar-refractivity contribution in [1.29, 1.82) is 0 Å². The summed E-state index contributed by atoms with van der Waals surface area (Å²) in [6, 6.07) is 0.996. The number of carbonyl (C=O) groups excluding carboxylic acids is 1. The van der Waals surface area contributed by atoms with Crippen molar-refractivity contribution in [3.63, 3.8) is 0 Å². The molecule has 0 radical (unpaired) electrons. The summed E-state index contributed by atoms with van der Waals surface area (Å²) in [5.74, 6) is -3.31. The summed E-state index contributed by atoms with van der Waals surface area (Å²) >= 11 is 0. The van der Waals surface area contributed by atoms with Crippen LogP contribution in [0.5, 0.6) is 0 Å². The fourth-order valence-electron chi connectivity index (χ4n) is 3.57. The van der Waals surface area contributed by atoms with Gasteiger partial charge in [0.15, 0.2) is 0 Å². The summed E-state index contributed by atoms with van der Waals surface area (Å²) in [7, 11) is 0. The lowest BCUT2D eigenvalue weighted by Crippen LogP contribution is -2.57. The van der Waals surface area contributed by atoms with Crippen molar-refractivity contribution in [2.75, 3.05) is 13.1 Å². The molecule has 3 nitrogen and oxygen atoms in total. The second-order valence-electron chi connectivity index (χ2n) is 6.60. The zero-order valence-corrected chi connectivity index (χ0v) is 11.6. The third kappa shape index (κ3) is 2.37. The van der Waals surface area contributed by atoms with Crippen molar-refractivity contribution >= 4 is 5.91 Å². The highest BCUT2D eigenvalue weighted by Crippen LogP contribution is 2.51. The normalized spacial score (nSPS) is 36.9. The molecule has 2 saturated heterocycles. The van der Waals surface area contributed by atoms with Crippen LogP contribution in [-0.4, -0.2) is 52.8 Å². The van der Waals surface area contributed by atoms with E-state index in [1.807, 2.05) is 4.90 Å². The first kappa shape index (κ1) is 13.3. The van der Waals surface area contributed by atoms with Crippen LogP contribution in [0.1, 0.15) is 39.5 Å². The molecule has 1 saturated carbocycles. The second-order valence-corrected chi connectivity index (χ2v) is 6.60. The van der Waals surface area contributed by atoms with Gasteiger partial charge in [-0.15, -0.1) is 0 Å². The van der Waals surface area contributed by atoms with Crippen LogP contribution < -0.4 is 0 Å². The van der Waals surface area contributed by atoms with Crippen LogP contribution in [0.3, 0.4) is 0 Å². The van der Waals surface area contributed by atoms with Gasteiger partial charge in [0.25, 0.3) is 5.92 Å². The van der Waals surface area contributed by atoms with E-state index in [1.165, 1.54) is 0 Å². The van der Waals surface area contributed by atoms with E-state index < -0.39 is 11.8 Å². The number of piperazine rings is 1. The van der Waals surface area contributed by atoms with E-state index >= 15 is 0 Å². The first-order valence-electron chi connectivity index (χ1n) is 7.31. The summed E-state index contributed by atoms with van der Waals surface area (Å²) in [6.07, 6.45) is 2.00. The summed E-state index contributed by atoms with van der Waals surface area (Å²) in [5.41, 5.74) is 0. The SMILES string of the molecule is CC(C)N1CC2CCC(C1)N2C(=O)CC1CC1(F)F. The third-order valence-corrected chi connectivity index (χ3v) is 4.91. The lowest BCUT2D eigenvalue weighted by molar-refractivity contribution is -0.138. The average Bonchev–Trinajstić information content (AvgIpc) is 2.82. The number of likely N-dealkylation sites (tertiary alicyclic amines) is 1. The third-order valence-electron chi connectivity index (χ3n) is 4.91. The molecule has 3 atom stereocenters. The van der Waals surface area contributed by atoms with Crippen molar-refractivity contribution < 1.29 is 13.6 Å². The van der Waals surface area contributed by atoms with Gasteiger partial charge in [0, 0.05) is 50.0 Å². The van der Waals surface area contributed by atoms with Crippen LogP contribution in [0, 0.1) is 5.92 Å². The molecule has 0 aromatic carbocycles. The van der Waals surface area contributed by atoms with Crippen LogP contribution in [0.2, 0.25) is 0 Å². The van der Waals surface area contributed by atoms with Crippen LogP contribution in [0.4, 0.5) is 8.78 Å². The quantitative estimate of drug-likeness (QED) is 0.785. The predicted octanol–water partition coefficient (Wildman–Crippen LogP) is 2.12. The number of fused-ring (bicyclic) bond motifs is 2. The predicted molar refractivity (Wildman–Crippen MR) is 68.0 cm³/mol. The van der Waals surface area contributed by atoms with Gasteiger partial charge in [0.2, 0.25) is 5.91 Å². The Balaban J connectivity index is 1.62. The number of amides is 1. The molecule has 19 heavy (non-hydrogen) atoms. The van der Waals surface area contributed by atoms with E-state index in [0.717, 1.165) is 25.9 Å². The van der Waals surface area contributed by atoms with Crippen molar-refractivity contribution in [1.82, 2.24) is 9.80 Å². The van der Waals surface area contributed by atoms with Gasteiger partial charge in [0.05, 0.1) is 0 Å². The smallest absolute Gasteiger partial charge is 0.252 e. The van der Waals surface area contributed by atoms with Crippen molar-refractivity contribution in [2.45, 2.75) is 63.6 Å². The maximum Gasteiger partial charge on any atom is 0.252 e. The fraction of sp³-hybridized carbons (Fsp3) is 0.929. The number of nitrogens with zero attached hydrogens (tertiary/aromatic N) is 2. The Morgan fingerprint density at radius 1 is 1.26 bits per heavy atom. The van der Waals surface area contributed by atoms with E-state index in [0.29, 0.717) is 6.04 Å². The molecule has 3 unspecified atom stereocenters. The Bertz CT molecular complexity index is 372. The van der Waals surface area contributed by atoms with Crippen LogP contribution in [0.25, 0.3) is 0 Å². The van der Waals surface area contributed by atoms with Gasteiger partial charge in [-0.05, 0) is 26.7 Å². The van der Waals surface area contributed by atoms with E-state index in [9.17, 15) is 13.6 Å². The van der Waals surface area contributed by atoms with Gasteiger partial charge >= 0.3 is 0 Å². The number of hydrogen-bond acceptors (Lipinski definition) is 2. The summed E-state index contributed by atoms with van der Waals surface area (Å²) < 4.78 is 25.8. The van der Waals surface area contributed by atoms with Gasteiger partial charge in [-0.2, -0.15) is 0 Å². The first-order valence-corrected chi connectivity index (χ1v) is 7.31. The molecule has 0 aromatic heterocycles. The van der Waals surface area contributed by atoms with Gasteiger partial charge in [-0.25, -0.2) is 8.78 Å². The summed E-state index contributed by atoms with van der Waals surface area (Å²) in [4.78, 5) is 16.6. The highest BCUT2D eigenvalue weighted by molar-refractivity contribution is 5.78. The standard InChI is InChI=1S/C14H22F2N2O/c1-9(2)17-7-11-3-4-12(8-17)18(11)13(19)5-10-6-14(10,15)16/h9-12H,3-8H2,1-2H3. The van der Waals surface area contributed by atoms with Crippen LogP contribution >= 0.6 is 0 Å². The zero-order chi connectivity index (χ0) is 13.8. The zero-order valence-electron chi connectivity index (χ0n) is 11.6. The Kier molecular flexibility index (Phi) is 3.08. The van der Waals surface area contributed by atoms with E-state index in [-0.39, 0.29) is 30.8 Å². The second kappa shape index (κ2) is 4.40. The molecule has 0 aromatic rings. The first-order chi connectivity index (χ1) is 8.88. The average molecular weight is 272 g/mol. The maximum atomic E-state index is 12.9. The Labute approximate surface area is 112 Å². The lowest BCUT2D eigenvalue weighted by atomic mass is 10.1.